The minimum absolute atomic E-state index is 0.195. The van der Waals surface area contributed by atoms with Crippen LogP contribution in [-0.2, 0) is 6.54 Å². The average molecular weight is 547 g/mol. The first-order valence-corrected chi connectivity index (χ1v) is 14.3. The van der Waals surface area contributed by atoms with Gasteiger partial charge in [0.25, 0.3) is 5.91 Å². The van der Waals surface area contributed by atoms with Gasteiger partial charge in [-0.3, -0.25) is 9.69 Å². The summed E-state index contributed by atoms with van der Waals surface area (Å²) >= 11 is 0. The van der Waals surface area contributed by atoms with Crippen LogP contribution in [0.2, 0.25) is 0 Å². The molecule has 10 heteroatoms. The van der Waals surface area contributed by atoms with Crippen LogP contribution in [0.15, 0.2) is 61.3 Å². The molecule has 1 unspecified atom stereocenters. The molecule has 0 spiro atoms. The van der Waals surface area contributed by atoms with Crippen molar-refractivity contribution in [3.63, 3.8) is 0 Å². The molecule has 1 aromatic carbocycles. The summed E-state index contributed by atoms with van der Waals surface area (Å²) in [6.07, 6.45) is 12.8. The fourth-order valence-corrected chi connectivity index (χ4v) is 5.40. The monoisotopic (exact) mass is 546 g/mol. The fraction of sp³-hybridized carbons (Fsp3) is 0.467. The molecule has 0 bridgehead atoms. The van der Waals surface area contributed by atoms with Crippen molar-refractivity contribution in [1.82, 2.24) is 24.5 Å². The van der Waals surface area contributed by atoms with Gasteiger partial charge in [-0.25, -0.2) is 14.8 Å². The lowest BCUT2D eigenvalue weighted by Crippen LogP contribution is -2.41. The van der Waals surface area contributed by atoms with E-state index in [2.05, 4.69) is 27.1 Å². The number of pyridine rings is 1. The molecule has 2 aliphatic heterocycles. The van der Waals surface area contributed by atoms with Crippen molar-refractivity contribution < 1.29 is 19.2 Å². The number of imidazole rings is 1. The Labute approximate surface area is 235 Å². The van der Waals surface area contributed by atoms with Crippen LogP contribution in [0.3, 0.4) is 0 Å². The largest absolute Gasteiger partial charge is 0.416 e. The predicted octanol–water partition coefficient (Wildman–Crippen LogP) is 4.63. The van der Waals surface area contributed by atoms with Crippen molar-refractivity contribution in [2.24, 2.45) is 5.92 Å². The molecular formula is C30H38N6O4. The Hall–Kier alpha value is -3.92. The summed E-state index contributed by atoms with van der Waals surface area (Å²) in [6, 6.07) is 11.7. The van der Waals surface area contributed by atoms with Gasteiger partial charge in [-0.2, -0.15) is 4.73 Å². The Morgan fingerprint density at radius 2 is 1.85 bits per heavy atom. The van der Waals surface area contributed by atoms with Crippen molar-refractivity contribution in [2.75, 3.05) is 31.6 Å². The number of hydrogen-bond donors (Lipinski definition) is 1. The van der Waals surface area contributed by atoms with Crippen molar-refractivity contribution in [2.45, 2.75) is 58.0 Å². The predicted molar refractivity (Wildman–Crippen MR) is 151 cm³/mol. The Bertz CT molecular complexity index is 1220. The molecule has 1 atom stereocenters. The summed E-state index contributed by atoms with van der Waals surface area (Å²) in [4.78, 5) is 43.4. The van der Waals surface area contributed by atoms with Crippen LogP contribution in [0, 0.1) is 5.92 Å². The number of rotatable bonds is 9. The van der Waals surface area contributed by atoms with E-state index in [1.54, 1.807) is 40.5 Å². The van der Waals surface area contributed by atoms with Crippen LogP contribution >= 0.6 is 0 Å². The van der Waals surface area contributed by atoms with Gasteiger partial charge < -0.3 is 19.8 Å². The summed E-state index contributed by atoms with van der Waals surface area (Å²) in [5.74, 6) is 0.357. The van der Waals surface area contributed by atoms with Crippen molar-refractivity contribution in [3.8, 4) is 5.88 Å². The van der Waals surface area contributed by atoms with Gasteiger partial charge in [0, 0.05) is 43.5 Å². The van der Waals surface area contributed by atoms with Crippen LogP contribution in [0.1, 0.15) is 61.4 Å². The first-order chi connectivity index (χ1) is 19.6. The second kappa shape index (κ2) is 13.4. The summed E-state index contributed by atoms with van der Waals surface area (Å²) in [5.41, 5.74) is 2.34. The molecule has 1 N–H and O–H groups in total. The number of aromatic nitrogens is 3. The van der Waals surface area contributed by atoms with Gasteiger partial charge in [-0.1, -0.05) is 25.5 Å². The Kier molecular flexibility index (Phi) is 9.28. The highest BCUT2D eigenvalue weighted by molar-refractivity contribution is 6.04. The molecular weight excluding hydrogens is 508 g/mol. The first kappa shape index (κ1) is 27.6. The number of likely N-dealkylation sites (tertiary alicyclic amines) is 2. The smallest absolute Gasteiger partial charge is 0.413 e. The Balaban J connectivity index is 1.05. The standard InChI is InChI=1S/C30H38N6O4/c1-2-27-5-3-4-15-35(27)20-23-6-8-25(9-7-23)29(37)33-26-10-11-28(32-19-26)40-30(38)34-16-12-24(13-17-34)21-39-36-18-14-31-22-36/h6-11,14,18-19,22,24,27H,2-5,12-13,15-17,20-21H2,1H3,(H,33,37). The minimum Gasteiger partial charge on any atom is -0.413 e. The highest BCUT2D eigenvalue weighted by Gasteiger charge is 2.25. The number of carbonyl (C=O) groups excluding carboxylic acids is 2. The number of amides is 2. The van der Waals surface area contributed by atoms with Gasteiger partial charge in [-0.05, 0) is 68.3 Å². The lowest BCUT2D eigenvalue weighted by atomic mass is 9.98. The highest BCUT2D eigenvalue weighted by atomic mass is 16.7. The molecule has 2 fully saturated rings. The third kappa shape index (κ3) is 7.38. The van der Waals surface area contributed by atoms with E-state index in [1.807, 2.05) is 24.3 Å². The number of ether oxygens (including phenoxy) is 1. The van der Waals surface area contributed by atoms with Gasteiger partial charge >= 0.3 is 6.09 Å². The molecule has 0 aliphatic carbocycles. The third-order valence-electron chi connectivity index (χ3n) is 7.82. The summed E-state index contributed by atoms with van der Waals surface area (Å²) in [5, 5.41) is 2.87. The third-order valence-corrected chi connectivity index (χ3v) is 7.82. The average Bonchev–Trinajstić information content (AvgIpc) is 3.52. The van der Waals surface area contributed by atoms with Gasteiger partial charge in [0.2, 0.25) is 5.88 Å². The quantitative estimate of drug-likeness (QED) is 0.417. The summed E-state index contributed by atoms with van der Waals surface area (Å²) in [6.45, 7) is 6.09. The molecule has 5 rings (SSSR count). The van der Waals surface area contributed by atoms with Crippen molar-refractivity contribution in [3.05, 3.63) is 72.4 Å². The van der Waals surface area contributed by atoms with E-state index in [-0.39, 0.29) is 11.8 Å². The zero-order valence-corrected chi connectivity index (χ0v) is 23.1. The van der Waals surface area contributed by atoms with E-state index in [0.29, 0.717) is 42.9 Å². The molecule has 10 nitrogen and oxygen atoms in total. The lowest BCUT2D eigenvalue weighted by Gasteiger charge is -2.35. The van der Waals surface area contributed by atoms with Gasteiger partial charge in [0.05, 0.1) is 18.1 Å². The van der Waals surface area contributed by atoms with E-state index in [0.717, 1.165) is 25.9 Å². The molecule has 40 heavy (non-hydrogen) atoms. The molecule has 0 radical (unpaired) electrons. The van der Waals surface area contributed by atoms with Crippen LogP contribution in [0.25, 0.3) is 0 Å². The molecule has 4 heterocycles. The number of nitrogens with one attached hydrogen (secondary N) is 1. The maximum Gasteiger partial charge on any atom is 0.416 e. The molecule has 212 valence electrons. The normalized spacial score (nSPS) is 18.3. The molecule has 2 amide bonds. The topological polar surface area (TPSA) is 102 Å². The molecule has 2 aliphatic rings. The number of anilines is 1. The van der Waals surface area contributed by atoms with Crippen LogP contribution < -0.4 is 14.9 Å². The van der Waals surface area contributed by atoms with Gasteiger partial charge in [-0.15, -0.1) is 0 Å². The second-order valence-electron chi connectivity index (χ2n) is 10.6. The Morgan fingerprint density at radius 3 is 2.55 bits per heavy atom. The highest BCUT2D eigenvalue weighted by Crippen LogP contribution is 2.22. The summed E-state index contributed by atoms with van der Waals surface area (Å²) < 4.78 is 7.05. The van der Waals surface area contributed by atoms with Crippen molar-refractivity contribution >= 4 is 17.7 Å². The number of nitrogens with zero attached hydrogens (tertiary/aromatic N) is 5. The Morgan fingerprint density at radius 1 is 1.02 bits per heavy atom. The number of hydrogen-bond acceptors (Lipinski definition) is 7. The number of piperidine rings is 2. The van der Waals surface area contributed by atoms with Crippen LogP contribution in [0.5, 0.6) is 5.88 Å². The first-order valence-electron chi connectivity index (χ1n) is 14.3. The minimum atomic E-state index is -0.423. The van der Waals surface area contributed by atoms with E-state index in [9.17, 15) is 9.59 Å². The van der Waals surface area contributed by atoms with Crippen molar-refractivity contribution in [1.29, 1.82) is 0 Å². The van der Waals surface area contributed by atoms with Gasteiger partial charge in [0.1, 0.15) is 12.9 Å². The zero-order chi connectivity index (χ0) is 27.7. The molecule has 3 aromatic rings. The lowest BCUT2D eigenvalue weighted by molar-refractivity contribution is 0.0540. The molecule has 2 saturated heterocycles. The van der Waals surface area contributed by atoms with E-state index >= 15 is 0 Å². The van der Waals surface area contributed by atoms with Gasteiger partial charge in [0.15, 0.2) is 0 Å². The maximum absolute atomic E-state index is 12.8. The number of benzene rings is 1. The zero-order valence-electron chi connectivity index (χ0n) is 23.1. The number of carbonyl (C=O) groups is 2. The van der Waals surface area contributed by atoms with E-state index in [4.69, 9.17) is 9.57 Å². The fourth-order valence-electron chi connectivity index (χ4n) is 5.40. The second-order valence-corrected chi connectivity index (χ2v) is 10.6. The van der Waals surface area contributed by atoms with Crippen LogP contribution in [0.4, 0.5) is 10.5 Å². The summed E-state index contributed by atoms with van der Waals surface area (Å²) in [7, 11) is 0. The maximum atomic E-state index is 12.8. The molecule has 0 saturated carbocycles. The molecule has 2 aromatic heterocycles. The van der Waals surface area contributed by atoms with Crippen LogP contribution in [-0.4, -0.2) is 68.8 Å². The van der Waals surface area contributed by atoms with E-state index < -0.39 is 6.09 Å². The van der Waals surface area contributed by atoms with E-state index in [1.165, 1.54) is 37.4 Å². The SMILES string of the molecule is CCC1CCCCN1Cc1ccc(C(=O)Nc2ccc(OC(=O)N3CCC(COn4ccnc4)CC3)nc2)cc1.